The maximum atomic E-state index is 11.8. The first-order valence-corrected chi connectivity index (χ1v) is 9.79. The number of fused-ring (bicyclic) bond motifs is 5. The number of carboxylic acid groups (broad SMARTS) is 1. The van der Waals surface area contributed by atoms with Crippen LogP contribution >= 0.6 is 0 Å². The van der Waals surface area contributed by atoms with Crippen molar-refractivity contribution in [3.8, 4) is 0 Å². The Labute approximate surface area is 154 Å². The van der Waals surface area contributed by atoms with Crippen molar-refractivity contribution < 1.29 is 19.8 Å². The Morgan fingerprint density at radius 3 is 2.81 bits per heavy atom. The summed E-state index contributed by atoms with van der Waals surface area (Å²) < 4.78 is 0. The molecule has 0 saturated heterocycles. The van der Waals surface area contributed by atoms with Crippen molar-refractivity contribution in [2.24, 2.45) is 28.6 Å². The van der Waals surface area contributed by atoms with Gasteiger partial charge in [-0.2, -0.15) is 0 Å². The van der Waals surface area contributed by atoms with Crippen LogP contribution in [0.2, 0.25) is 0 Å². The van der Waals surface area contributed by atoms with E-state index in [1.165, 1.54) is 11.1 Å². The molecule has 3 saturated carbocycles. The van der Waals surface area contributed by atoms with Gasteiger partial charge in [-0.3, -0.25) is 9.59 Å². The van der Waals surface area contributed by atoms with Gasteiger partial charge in [-0.15, -0.1) is 0 Å². The largest absolute Gasteiger partial charge is 0.481 e. The molecule has 0 bridgehead atoms. The van der Waals surface area contributed by atoms with E-state index in [4.69, 9.17) is 5.11 Å². The highest BCUT2D eigenvalue weighted by Gasteiger charge is 2.60. The summed E-state index contributed by atoms with van der Waals surface area (Å²) in [6.45, 7) is 4.41. The maximum Gasteiger partial charge on any atom is 0.307 e. The molecule has 0 aliphatic heterocycles. The highest BCUT2D eigenvalue weighted by atomic mass is 16.4. The van der Waals surface area contributed by atoms with Crippen LogP contribution in [-0.4, -0.2) is 28.1 Å². The predicted octanol–water partition coefficient (Wildman–Crippen LogP) is 3.67. The molecule has 0 radical (unpaired) electrons. The normalized spacial score (nSPS) is 45.7. The van der Waals surface area contributed by atoms with Crippen molar-refractivity contribution in [2.75, 3.05) is 0 Å². The van der Waals surface area contributed by atoms with E-state index in [1.54, 1.807) is 12.2 Å². The molecule has 0 unspecified atom stereocenters. The number of aliphatic hydroxyl groups excluding tert-OH is 1. The van der Waals surface area contributed by atoms with E-state index in [2.05, 4.69) is 13.8 Å². The molecule has 140 valence electrons. The zero-order valence-electron chi connectivity index (χ0n) is 15.6. The number of ketones is 1. The highest BCUT2D eigenvalue weighted by Crippen LogP contribution is 2.65. The summed E-state index contributed by atoms with van der Waals surface area (Å²) >= 11 is 0. The van der Waals surface area contributed by atoms with Gasteiger partial charge >= 0.3 is 5.97 Å². The van der Waals surface area contributed by atoms with Gasteiger partial charge in [0.2, 0.25) is 0 Å². The molecule has 3 fully saturated rings. The summed E-state index contributed by atoms with van der Waals surface area (Å²) in [4.78, 5) is 22.8. The molecule has 4 heteroatoms. The number of aliphatic carboxylic acids is 1. The van der Waals surface area contributed by atoms with E-state index in [0.29, 0.717) is 18.3 Å². The molecule has 0 aromatic heterocycles. The van der Waals surface area contributed by atoms with Crippen LogP contribution in [0.3, 0.4) is 0 Å². The Balaban J connectivity index is 1.69. The van der Waals surface area contributed by atoms with E-state index in [9.17, 15) is 14.7 Å². The lowest BCUT2D eigenvalue weighted by atomic mass is 9.47. The number of allylic oxidation sites excluding steroid dienone is 5. The smallest absolute Gasteiger partial charge is 0.307 e. The van der Waals surface area contributed by atoms with E-state index in [1.807, 2.05) is 12.2 Å². The average molecular weight is 356 g/mol. The Kier molecular flexibility index (Phi) is 4.03. The fraction of sp³-hybridized carbons (Fsp3) is 0.636. The van der Waals surface area contributed by atoms with Crippen LogP contribution in [0, 0.1) is 28.6 Å². The number of carbonyl (C=O) groups is 2. The fourth-order valence-corrected chi connectivity index (χ4v) is 6.72. The number of hydrogen-bond donors (Lipinski definition) is 2. The van der Waals surface area contributed by atoms with Gasteiger partial charge in [-0.05, 0) is 61.5 Å². The van der Waals surface area contributed by atoms with Gasteiger partial charge in [0, 0.05) is 11.3 Å². The molecule has 0 aromatic rings. The highest BCUT2D eigenvalue weighted by molar-refractivity contribution is 6.01. The van der Waals surface area contributed by atoms with Crippen molar-refractivity contribution in [1.82, 2.24) is 0 Å². The minimum Gasteiger partial charge on any atom is -0.481 e. The lowest BCUT2D eigenvalue weighted by Crippen LogP contribution is -2.55. The van der Waals surface area contributed by atoms with Gasteiger partial charge in [0.25, 0.3) is 0 Å². The monoisotopic (exact) mass is 356 g/mol. The zero-order valence-corrected chi connectivity index (χ0v) is 15.6. The molecule has 0 aromatic carbocycles. The molecule has 6 atom stereocenters. The summed E-state index contributed by atoms with van der Waals surface area (Å²) in [6, 6.07) is 0. The first-order chi connectivity index (χ1) is 12.3. The van der Waals surface area contributed by atoms with Crippen molar-refractivity contribution in [1.29, 1.82) is 0 Å². The second kappa shape index (κ2) is 5.91. The Hall–Kier alpha value is -1.68. The van der Waals surface area contributed by atoms with Gasteiger partial charge in [0.1, 0.15) is 0 Å². The van der Waals surface area contributed by atoms with Crippen LogP contribution in [0.15, 0.2) is 35.5 Å². The van der Waals surface area contributed by atoms with E-state index < -0.39 is 12.1 Å². The van der Waals surface area contributed by atoms with Gasteiger partial charge in [0.15, 0.2) is 5.78 Å². The third-order valence-corrected chi connectivity index (χ3v) is 7.87. The Morgan fingerprint density at radius 1 is 1.31 bits per heavy atom. The molecular formula is C22H28O4. The first-order valence-electron chi connectivity index (χ1n) is 9.79. The van der Waals surface area contributed by atoms with E-state index in [0.717, 1.165) is 25.7 Å². The van der Waals surface area contributed by atoms with Crippen LogP contribution in [0.25, 0.3) is 0 Å². The molecule has 4 aliphatic rings. The molecule has 26 heavy (non-hydrogen) atoms. The standard InChI is InChI=1S/C22H28O4/c1-21-10-9-15(23)11-14(21)3-6-16-17-7-4-13(5-8-19(25)26)22(17,2)12-18(24)20(16)21/h5,9-11,16-18,20,24H,3-4,6-8,12H2,1-2H3,(H,25,26)/t16-,17-,18-,20+,21-,22+/m0/s1. The van der Waals surface area contributed by atoms with Crippen LogP contribution in [0.5, 0.6) is 0 Å². The molecule has 2 N–H and O–H groups in total. The van der Waals surface area contributed by atoms with Gasteiger partial charge in [-0.25, -0.2) is 0 Å². The van der Waals surface area contributed by atoms with Crippen LogP contribution in [0.1, 0.15) is 52.4 Å². The minimum atomic E-state index is -0.796. The SMILES string of the molecule is C[C@]12C=CC(=O)C=C1CC[C@@H]1[C@@H]2[C@@H](O)C[C@]2(C)C(=CCC(=O)O)CC[C@@H]12. The molecular weight excluding hydrogens is 328 g/mol. The summed E-state index contributed by atoms with van der Waals surface area (Å²) in [7, 11) is 0. The van der Waals surface area contributed by atoms with Crippen LogP contribution in [-0.2, 0) is 9.59 Å². The van der Waals surface area contributed by atoms with Crippen molar-refractivity contribution >= 4 is 11.8 Å². The second-order valence-corrected chi connectivity index (χ2v) is 9.08. The Bertz CT molecular complexity index is 745. The van der Waals surface area contributed by atoms with Crippen molar-refractivity contribution in [2.45, 2.75) is 58.5 Å². The summed E-state index contributed by atoms with van der Waals surface area (Å²) in [5.41, 5.74) is 2.07. The van der Waals surface area contributed by atoms with Crippen molar-refractivity contribution in [3.05, 3.63) is 35.5 Å². The van der Waals surface area contributed by atoms with Gasteiger partial charge in [0.05, 0.1) is 12.5 Å². The maximum absolute atomic E-state index is 11.8. The quantitative estimate of drug-likeness (QED) is 0.741. The third kappa shape index (κ3) is 2.45. The van der Waals surface area contributed by atoms with E-state index in [-0.39, 0.29) is 29.0 Å². The minimum absolute atomic E-state index is 0.0609. The summed E-state index contributed by atoms with van der Waals surface area (Å²) in [6.07, 6.45) is 11.6. The molecule has 0 amide bonds. The van der Waals surface area contributed by atoms with Crippen LogP contribution < -0.4 is 0 Å². The van der Waals surface area contributed by atoms with Crippen LogP contribution in [0.4, 0.5) is 0 Å². The van der Waals surface area contributed by atoms with Crippen molar-refractivity contribution in [3.63, 3.8) is 0 Å². The number of carbonyl (C=O) groups excluding carboxylic acids is 1. The molecule has 4 aliphatic carbocycles. The lowest BCUT2D eigenvalue weighted by Gasteiger charge is -2.58. The summed E-state index contributed by atoms with van der Waals surface area (Å²) in [5.74, 6) is 0.310. The topological polar surface area (TPSA) is 74.6 Å². The van der Waals surface area contributed by atoms with Gasteiger partial charge < -0.3 is 10.2 Å². The molecule has 0 spiro atoms. The fourth-order valence-electron chi connectivity index (χ4n) is 6.72. The van der Waals surface area contributed by atoms with Gasteiger partial charge in [-0.1, -0.05) is 37.1 Å². The number of aliphatic hydroxyl groups is 1. The lowest BCUT2D eigenvalue weighted by molar-refractivity contribution is -0.136. The molecule has 4 rings (SSSR count). The van der Waals surface area contributed by atoms with E-state index >= 15 is 0 Å². The number of hydrogen-bond acceptors (Lipinski definition) is 3. The molecule has 4 nitrogen and oxygen atoms in total. The zero-order chi connectivity index (χ0) is 18.7. The first kappa shape index (κ1) is 17.7. The third-order valence-electron chi connectivity index (χ3n) is 7.87. The summed E-state index contributed by atoms with van der Waals surface area (Å²) in [5, 5.41) is 20.2. The number of carboxylic acids is 1. The molecule has 0 heterocycles. The predicted molar refractivity (Wildman–Crippen MR) is 98.3 cm³/mol. The number of rotatable bonds is 2. The average Bonchev–Trinajstić information content (AvgIpc) is 2.89. The second-order valence-electron chi connectivity index (χ2n) is 9.08. The Morgan fingerprint density at radius 2 is 2.08 bits per heavy atom.